The van der Waals surface area contributed by atoms with Gasteiger partial charge in [-0.1, -0.05) is 47.7 Å². The molecule has 1 aromatic heterocycles. The van der Waals surface area contributed by atoms with E-state index in [1.807, 2.05) is 68.7 Å². The first-order valence-electron chi connectivity index (χ1n) is 10.6. The minimum Gasteiger partial charge on any atom is -0.457 e. The van der Waals surface area contributed by atoms with Crippen molar-refractivity contribution in [2.75, 3.05) is 32.1 Å². The van der Waals surface area contributed by atoms with Gasteiger partial charge >= 0.3 is 0 Å². The molecule has 32 heavy (non-hydrogen) atoms. The fourth-order valence-electron chi connectivity index (χ4n) is 3.56. The molecule has 0 aliphatic rings. The van der Waals surface area contributed by atoms with E-state index in [9.17, 15) is 4.79 Å². The van der Waals surface area contributed by atoms with Gasteiger partial charge in [-0.15, -0.1) is 0 Å². The zero-order chi connectivity index (χ0) is 22.7. The first-order chi connectivity index (χ1) is 15.4. The number of carbonyl (C=O) groups is 1. The molecule has 0 atom stereocenters. The lowest BCUT2D eigenvalue weighted by molar-refractivity contribution is 0.0983. The molecule has 0 bridgehead atoms. The lowest BCUT2D eigenvalue weighted by Crippen LogP contribution is -2.36. The quantitative estimate of drug-likeness (QED) is 0.355. The first kappa shape index (κ1) is 22.0. The van der Waals surface area contributed by atoms with Crippen LogP contribution in [0, 0.1) is 13.8 Å². The van der Waals surface area contributed by atoms with Gasteiger partial charge in [0.25, 0.3) is 5.91 Å². The number of nitrogens with zero attached hydrogens (tertiary/aromatic N) is 3. The van der Waals surface area contributed by atoms with Crippen molar-refractivity contribution in [3.05, 3.63) is 83.4 Å². The van der Waals surface area contributed by atoms with E-state index in [0.717, 1.165) is 16.8 Å². The molecule has 3 aromatic carbocycles. The molecule has 0 unspecified atom stereocenters. The van der Waals surface area contributed by atoms with Gasteiger partial charge in [0.15, 0.2) is 5.13 Å². The van der Waals surface area contributed by atoms with Crippen molar-refractivity contribution in [2.24, 2.45) is 0 Å². The molecule has 0 fully saturated rings. The number of para-hydroxylation sites is 2. The van der Waals surface area contributed by atoms with Crippen molar-refractivity contribution in [2.45, 2.75) is 13.8 Å². The number of ether oxygens (including phenoxy) is 1. The predicted octanol–water partition coefficient (Wildman–Crippen LogP) is 5.91. The summed E-state index contributed by atoms with van der Waals surface area (Å²) in [6.45, 7) is 5.41. The Morgan fingerprint density at radius 1 is 0.969 bits per heavy atom. The Morgan fingerprint density at radius 3 is 2.44 bits per heavy atom. The number of amides is 1. The zero-order valence-corrected chi connectivity index (χ0v) is 19.6. The van der Waals surface area contributed by atoms with Crippen molar-refractivity contribution in [3.63, 3.8) is 0 Å². The van der Waals surface area contributed by atoms with Crippen LogP contribution in [0.15, 0.2) is 66.7 Å². The molecule has 1 heterocycles. The van der Waals surface area contributed by atoms with Crippen LogP contribution in [0.1, 0.15) is 21.5 Å². The number of aromatic nitrogens is 1. The van der Waals surface area contributed by atoms with Gasteiger partial charge in [-0.3, -0.25) is 9.69 Å². The Kier molecular flexibility index (Phi) is 6.53. The SMILES string of the molecule is Cc1cc(C)c2sc(N(CCN(C)C)C(=O)c3ccccc3Oc3ccccc3)nc2c1. The van der Waals surface area contributed by atoms with Crippen molar-refractivity contribution in [1.29, 1.82) is 0 Å². The van der Waals surface area contributed by atoms with Crippen LogP contribution in [-0.2, 0) is 0 Å². The Bertz CT molecular complexity index is 1230. The fraction of sp³-hybridized carbons (Fsp3) is 0.231. The molecule has 1 amide bonds. The molecule has 4 rings (SSSR count). The number of benzene rings is 3. The van der Waals surface area contributed by atoms with E-state index in [-0.39, 0.29) is 5.91 Å². The van der Waals surface area contributed by atoms with Crippen LogP contribution >= 0.6 is 11.3 Å². The molecule has 0 aliphatic carbocycles. The maximum absolute atomic E-state index is 13.8. The van der Waals surface area contributed by atoms with E-state index in [0.29, 0.717) is 28.7 Å². The molecule has 0 spiro atoms. The topological polar surface area (TPSA) is 45.7 Å². The summed E-state index contributed by atoms with van der Waals surface area (Å²) in [6, 6.07) is 21.1. The third-order valence-electron chi connectivity index (χ3n) is 5.14. The molecule has 6 heteroatoms. The number of aryl methyl sites for hydroxylation is 2. The molecule has 0 radical (unpaired) electrons. The molecule has 4 aromatic rings. The molecule has 0 aliphatic heterocycles. The maximum atomic E-state index is 13.8. The standard InChI is InChI=1S/C26H27N3O2S/c1-18-16-19(2)24-22(17-18)27-26(32-24)29(15-14-28(3)4)25(30)21-12-8-9-13-23(21)31-20-10-6-5-7-11-20/h5-13,16-17H,14-15H2,1-4H3. The molecule has 0 saturated heterocycles. The molecule has 164 valence electrons. The summed E-state index contributed by atoms with van der Waals surface area (Å²) in [5.74, 6) is 1.11. The molecule has 0 saturated carbocycles. The summed E-state index contributed by atoms with van der Waals surface area (Å²) >= 11 is 1.56. The number of anilines is 1. The van der Waals surface area contributed by atoms with E-state index in [1.165, 1.54) is 11.1 Å². The summed E-state index contributed by atoms with van der Waals surface area (Å²) in [5.41, 5.74) is 3.79. The van der Waals surface area contributed by atoms with Gasteiger partial charge in [0, 0.05) is 13.1 Å². The molecular formula is C26H27N3O2S. The largest absolute Gasteiger partial charge is 0.457 e. The van der Waals surface area contributed by atoms with Gasteiger partial charge in [0.05, 0.1) is 15.8 Å². The average Bonchev–Trinajstić information content (AvgIpc) is 3.18. The number of rotatable bonds is 7. The average molecular weight is 446 g/mol. The lowest BCUT2D eigenvalue weighted by Gasteiger charge is -2.23. The van der Waals surface area contributed by atoms with Gasteiger partial charge in [0.1, 0.15) is 11.5 Å². The molecular weight excluding hydrogens is 418 g/mol. The van der Waals surface area contributed by atoms with E-state index in [2.05, 4.69) is 30.9 Å². The van der Waals surface area contributed by atoms with Crippen LogP contribution in [0.3, 0.4) is 0 Å². The molecule has 0 N–H and O–H groups in total. The predicted molar refractivity (Wildman–Crippen MR) is 132 cm³/mol. The van der Waals surface area contributed by atoms with Crippen LogP contribution in [-0.4, -0.2) is 43.0 Å². The molecule has 5 nitrogen and oxygen atoms in total. The number of hydrogen-bond donors (Lipinski definition) is 0. The third-order valence-corrected chi connectivity index (χ3v) is 6.37. The zero-order valence-electron chi connectivity index (χ0n) is 18.8. The van der Waals surface area contributed by atoms with Crippen molar-refractivity contribution >= 4 is 32.6 Å². The summed E-state index contributed by atoms with van der Waals surface area (Å²) in [4.78, 5) is 22.5. The second-order valence-electron chi connectivity index (χ2n) is 8.10. The van der Waals surface area contributed by atoms with Crippen LogP contribution in [0.25, 0.3) is 10.2 Å². The van der Waals surface area contributed by atoms with E-state index >= 15 is 0 Å². The van der Waals surface area contributed by atoms with Gasteiger partial charge in [-0.2, -0.15) is 0 Å². The van der Waals surface area contributed by atoms with Crippen molar-refractivity contribution in [1.82, 2.24) is 9.88 Å². The van der Waals surface area contributed by atoms with Crippen molar-refractivity contribution < 1.29 is 9.53 Å². The number of carbonyl (C=O) groups excluding carboxylic acids is 1. The second kappa shape index (κ2) is 9.51. The van der Waals surface area contributed by atoms with Crippen molar-refractivity contribution in [3.8, 4) is 11.5 Å². The lowest BCUT2D eigenvalue weighted by atomic mass is 10.1. The summed E-state index contributed by atoms with van der Waals surface area (Å²) in [7, 11) is 4.00. The van der Waals surface area contributed by atoms with E-state index < -0.39 is 0 Å². The Morgan fingerprint density at radius 2 is 1.69 bits per heavy atom. The highest BCUT2D eigenvalue weighted by Crippen LogP contribution is 2.34. The smallest absolute Gasteiger partial charge is 0.263 e. The van der Waals surface area contributed by atoms with Gasteiger partial charge in [-0.25, -0.2) is 4.98 Å². The Hall–Kier alpha value is -3.22. The summed E-state index contributed by atoms with van der Waals surface area (Å²) < 4.78 is 7.17. The normalized spacial score (nSPS) is 11.2. The van der Waals surface area contributed by atoms with Crippen LogP contribution in [0.2, 0.25) is 0 Å². The highest BCUT2D eigenvalue weighted by atomic mass is 32.1. The number of fused-ring (bicyclic) bond motifs is 1. The van der Waals surface area contributed by atoms with Crippen LogP contribution in [0.5, 0.6) is 11.5 Å². The third kappa shape index (κ3) is 4.82. The van der Waals surface area contributed by atoms with E-state index in [4.69, 9.17) is 9.72 Å². The first-order valence-corrected chi connectivity index (χ1v) is 11.4. The highest BCUT2D eigenvalue weighted by molar-refractivity contribution is 7.22. The van der Waals surface area contributed by atoms with E-state index in [1.54, 1.807) is 16.2 Å². The minimum absolute atomic E-state index is 0.119. The second-order valence-corrected chi connectivity index (χ2v) is 9.08. The Balaban J connectivity index is 1.73. The van der Waals surface area contributed by atoms with Gasteiger partial charge in [0.2, 0.25) is 0 Å². The number of likely N-dealkylation sites (N-methyl/N-ethyl adjacent to an activating group) is 1. The highest BCUT2D eigenvalue weighted by Gasteiger charge is 2.24. The summed E-state index contributed by atoms with van der Waals surface area (Å²) in [6.07, 6.45) is 0. The van der Waals surface area contributed by atoms with Crippen LogP contribution < -0.4 is 9.64 Å². The monoisotopic (exact) mass is 445 g/mol. The number of hydrogen-bond acceptors (Lipinski definition) is 5. The summed E-state index contributed by atoms with van der Waals surface area (Å²) in [5, 5.41) is 0.704. The Labute approximate surface area is 192 Å². The minimum atomic E-state index is -0.119. The van der Waals surface area contributed by atoms with Crippen LogP contribution in [0.4, 0.5) is 5.13 Å². The fourth-order valence-corrected chi connectivity index (χ4v) is 4.60. The maximum Gasteiger partial charge on any atom is 0.263 e. The van der Waals surface area contributed by atoms with Gasteiger partial charge < -0.3 is 9.64 Å². The number of thiazole rings is 1. The van der Waals surface area contributed by atoms with Gasteiger partial charge in [-0.05, 0) is 69.4 Å².